The molecule has 0 fully saturated rings. The lowest BCUT2D eigenvalue weighted by Gasteiger charge is -2.23. The first-order chi connectivity index (χ1) is 12.8. The highest BCUT2D eigenvalue weighted by Gasteiger charge is 2.17. The average molecular weight is 389 g/mol. The number of carbonyl (C=O) groups is 1. The molecule has 27 heavy (non-hydrogen) atoms. The van der Waals surface area contributed by atoms with Gasteiger partial charge in [-0.1, -0.05) is 6.08 Å². The van der Waals surface area contributed by atoms with Gasteiger partial charge in [0.25, 0.3) is 0 Å². The van der Waals surface area contributed by atoms with Crippen LogP contribution in [0.5, 0.6) is 5.75 Å². The number of aromatic nitrogens is 2. The molecule has 1 N–H and O–H groups in total. The van der Waals surface area contributed by atoms with Gasteiger partial charge >= 0.3 is 6.09 Å². The van der Waals surface area contributed by atoms with Crippen molar-refractivity contribution in [3.63, 3.8) is 0 Å². The van der Waals surface area contributed by atoms with Crippen LogP contribution in [0.4, 0.5) is 4.79 Å². The van der Waals surface area contributed by atoms with Gasteiger partial charge in [0.1, 0.15) is 18.1 Å². The number of sulfone groups is 1. The fraction of sp³-hybridized carbons (Fsp3) is 0.278. The average Bonchev–Trinajstić information content (AvgIpc) is 2.66. The molecule has 0 radical (unpaired) electrons. The molecule has 0 saturated carbocycles. The van der Waals surface area contributed by atoms with E-state index >= 15 is 0 Å². The molecule has 1 aromatic heterocycles. The van der Waals surface area contributed by atoms with E-state index in [4.69, 9.17) is 9.84 Å². The van der Waals surface area contributed by atoms with Crippen molar-refractivity contribution in [2.24, 2.45) is 0 Å². The highest BCUT2D eigenvalue weighted by molar-refractivity contribution is 7.90. The summed E-state index contributed by atoms with van der Waals surface area (Å²) < 4.78 is 28.5. The van der Waals surface area contributed by atoms with Crippen LogP contribution in [0.25, 0.3) is 5.57 Å². The van der Waals surface area contributed by atoms with E-state index in [-0.39, 0.29) is 11.5 Å². The fourth-order valence-corrected chi connectivity index (χ4v) is 3.25. The normalized spacial score (nSPS) is 14.6. The van der Waals surface area contributed by atoms with Crippen molar-refractivity contribution in [2.45, 2.75) is 17.9 Å². The fourth-order valence-electron chi connectivity index (χ4n) is 2.62. The van der Waals surface area contributed by atoms with Crippen molar-refractivity contribution >= 4 is 21.5 Å². The van der Waals surface area contributed by atoms with Gasteiger partial charge in [-0.25, -0.2) is 13.2 Å². The number of nitrogens with zero attached hydrogens (tertiary/aromatic N) is 3. The molecule has 1 amide bonds. The zero-order chi connectivity index (χ0) is 19.4. The summed E-state index contributed by atoms with van der Waals surface area (Å²) in [5.74, 6) is 0.539. The van der Waals surface area contributed by atoms with Crippen molar-refractivity contribution < 1.29 is 23.1 Å². The molecule has 0 aliphatic carbocycles. The molecule has 142 valence electrons. The first-order valence-electron chi connectivity index (χ1n) is 8.26. The third-order valence-electron chi connectivity index (χ3n) is 4.17. The Labute approximate surface area is 157 Å². The van der Waals surface area contributed by atoms with Gasteiger partial charge in [0.05, 0.1) is 10.6 Å². The third-order valence-corrected chi connectivity index (χ3v) is 5.30. The van der Waals surface area contributed by atoms with E-state index in [9.17, 15) is 13.2 Å². The molecule has 0 bridgehead atoms. The Morgan fingerprint density at radius 1 is 1.19 bits per heavy atom. The van der Waals surface area contributed by atoms with Crippen LogP contribution in [0.15, 0.2) is 47.4 Å². The van der Waals surface area contributed by atoms with Crippen molar-refractivity contribution in [2.75, 3.05) is 19.3 Å². The molecular formula is C18H19N3O5S. The van der Waals surface area contributed by atoms with E-state index in [1.54, 1.807) is 18.2 Å². The molecule has 0 spiro atoms. The van der Waals surface area contributed by atoms with Crippen LogP contribution < -0.4 is 4.74 Å². The minimum absolute atomic E-state index is 0.206. The Morgan fingerprint density at radius 2 is 1.93 bits per heavy atom. The van der Waals surface area contributed by atoms with E-state index in [1.165, 1.54) is 17.0 Å². The highest BCUT2D eigenvalue weighted by Crippen LogP contribution is 2.21. The number of carboxylic acid groups (broad SMARTS) is 1. The van der Waals surface area contributed by atoms with E-state index < -0.39 is 15.9 Å². The van der Waals surface area contributed by atoms with Gasteiger partial charge in [0.2, 0.25) is 0 Å². The number of hydrogen-bond donors (Lipinski definition) is 1. The summed E-state index contributed by atoms with van der Waals surface area (Å²) in [6.07, 6.45) is 2.68. The summed E-state index contributed by atoms with van der Waals surface area (Å²) in [5.41, 5.74) is 2.33. The van der Waals surface area contributed by atoms with Gasteiger partial charge in [0.15, 0.2) is 9.84 Å². The Balaban J connectivity index is 1.59. The second kappa shape index (κ2) is 7.75. The summed E-state index contributed by atoms with van der Waals surface area (Å²) in [6.45, 7) is 0.995. The van der Waals surface area contributed by atoms with Crippen molar-refractivity contribution in [3.8, 4) is 5.75 Å². The third kappa shape index (κ3) is 4.82. The molecule has 2 aromatic rings. The molecule has 1 aliphatic rings. The molecule has 0 saturated heterocycles. The van der Waals surface area contributed by atoms with E-state index in [0.717, 1.165) is 17.5 Å². The monoisotopic (exact) mass is 389 g/mol. The van der Waals surface area contributed by atoms with Gasteiger partial charge < -0.3 is 14.7 Å². The zero-order valence-corrected chi connectivity index (χ0v) is 15.5. The second-order valence-corrected chi connectivity index (χ2v) is 8.17. The second-order valence-electron chi connectivity index (χ2n) is 6.15. The number of amides is 1. The van der Waals surface area contributed by atoms with Gasteiger partial charge in [0, 0.05) is 19.3 Å². The van der Waals surface area contributed by atoms with Crippen LogP contribution in [0, 0.1) is 0 Å². The maximum absolute atomic E-state index is 11.4. The standard InChI is InChI=1S/C18H19N3O5S/c1-27(24,25)16-5-3-15(4-6-16)26-12-14-2-7-17(20-19-14)13-8-10-21(11-9-13)18(22)23/h2-8H,9-12H2,1H3,(H,22,23). The molecule has 9 heteroatoms. The summed E-state index contributed by atoms with van der Waals surface area (Å²) in [7, 11) is -3.23. The van der Waals surface area contributed by atoms with Crippen LogP contribution in [0.2, 0.25) is 0 Å². The lowest BCUT2D eigenvalue weighted by atomic mass is 10.0. The van der Waals surface area contributed by atoms with Crippen LogP contribution in [-0.4, -0.2) is 54.1 Å². The van der Waals surface area contributed by atoms with Crippen LogP contribution in [0.3, 0.4) is 0 Å². The predicted molar refractivity (Wildman–Crippen MR) is 98.1 cm³/mol. The number of benzene rings is 1. The van der Waals surface area contributed by atoms with E-state index in [1.807, 2.05) is 12.1 Å². The van der Waals surface area contributed by atoms with Gasteiger partial charge in [-0.15, -0.1) is 0 Å². The van der Waals surface area contributed by atoms with Crippen molar-refractivity contribution in [1.82, 2.24) is 15.1 Å². The summed E-state index contributed by atoms with van der Waals surface area (Å²) >= 11 is 0. The van der Waals surface area contributed by atoms with Gasteiger partial charge in [-0.2, -0.15) is 10.2 Å². The lowest BCUT2D eigenvalue weighted by Crippen LogP contribution is -2.33. The molecule has 0 unspecified atom stereocenters. The minimum atomic E-state index is -3.23. The van der Waals surface area contributed by atoms with Gasteiger partial charge in [-0.05, 0) is 48.4 Å². The Hall–Kier alpha value is -2.94. The SMILES string of the molecule is CS(=O)(=O)c1ccc(OCc2ccc(C3=CCN(C(=O)O)CC3)nn2)cc1. The summed E-state index contributed by atoms with van der Waals surface area (Å²) in [5, 5.41) is 17.3. The summed E-state index contributed by atoms with van der Waals surface area (Å²) in [6, 6.07) is 9.82. The van der Waals surface area contributed by atoms with Crippen LogP contribution in [-0.2, 0) is 16.4 Å². The van der Waals surface area contributed by atoms with E-state index in [2.05, 4.69) is 10.2 Å². The van der Waals surface area contributed by atoms with Crippen LogP contribution >= 0.6 is 0 Å². The lowest BCUT2D eigenvalue weighted by molar-refractivity contribution is 0.150. The van der Waals surface area contributed by atoms with Crippen molar-refractivity contribution in [3.05, 3.63) is 53.9 Å². The Morgan fingerprint density at radius 3 is 2.44 bits per heavy atom. The summed E-state index contributed by atoms with van der Waals surface area (Å²) in [4.78, 5) is 12.5. The molecule has 0 atom stereocenters. The maximum Gasteiger partial charge on any atom is 0.407 e. The minimum Gasteiger partial charge on any atom is -0.487 e. The Kier molecular flexibility index (Phi) is 5.41. The largest absolute Gasteiger partial charge is 0.487 e. The zero-order valence-electron chi connectivity index (χ0n) is 14.7. The maximum atomic E-state index is 11.4. The quantitative estimate of drug-likeness (QED) is 0.835. The van der Waals surface area contributed by atoms with Crippen molar-refractivity contribution in [1.29, 1.82) is 0 Å². The molecule has 2 heterocycles. The topological polar surface area (TPSA) is 110 Å². The molecule has 8 nitrogen and oxygen atoms in total. The predicted octanol–water partition coefficient (Wildman–Crippen LogP) is 2.23. The highest BCUT2D eigenvalue weighted by atomic mass is 32.2. The number of hydrogen-bond acceptors (Lipinski definition) is 6. The van der Waals surface area contributed by atoms with Crippen LogP contribution in [0.1, 0.15) is 17.8 Å². The molecule has 1 aliphatic heterocycles. The number of ether oxygens (including phenoxy) is 1. The molecule has 3 rings (SSSR count). The first-order valence-corrected chi connectivity index (χ1v) is 10.1. The molecule has 1 aromatic carbocycles. The Bertz CT molecular complexity index is 953. The molecular weight excluding hydrogens is 370 g/mol. The number of rotatable bonds is 5. The van der Waals surface area contributed by atoms with Gasteiger partial charge in [-0.3, -0.25) is 0 Å². The smallest absolute Gasteiger partial charge is 0.407 e. The van der Waals surface area contributed by atoms with E-state index in [0.29, 0.717) is 31.0 Å². The first kappa shape index (κ1) is 18.8.